The molecule has 1 heterocycles. The Labute approximate surface area is 157 Å². The van der Waals surface area contributed by atoms with Gasteiger partial charge in [-0.25, -0.2) is 0 Å². The van der Waals surface area contributed by atoms with E-state index < -0.39 is 4.92 Å². The monoisotopic (exact) mass is 381 g/mol. The SMILES string of the molecule is COCCNC(=O)CN1CCN(C(=S)Nc2ccc([N+](=O)[O-])cc2)CC1. The summed E-state index contributed by atoms with van der Waals surface area (Å²) in [4.78, 5) is 26.1. The molecule has 26 heavy (non-hydrogen) atoms. The van der Waals surface area contributed by atoms with Crippen LogP contribution in [0.15, 0.2) is 24.3 Å². The number of nitrogens with zero attached hydrogens (tertiary/aromatic N) is 3. The quantitative estimate of drug-likeness (QED) is 0.308. The number of piperazine rings is 1. The van der Waals surface area contributed by atoms with E-state index in [9.17, 15) is 14.9 Å². The van der Waals surface area contributed by atoms with Gasteiger partial charge in [-0.3, -0.25) is 19.8 Å². The van der Waals surface area contributed by atoms with Crippen LogP contribution in [0.1, 0.15) is 0 Å². The average Bonchev–Trinajstić information content (AvgIpc) is 2.63. The lowest BCUT2D eigenvalue weighted by atomic mass is 10.3. The van der Waals surface area contributed by atoms with Gasteiger partial charge in [-0.15, -0.1) is 0 Å². The summed E-state index contributed by atoms with van der Waals surface area (Å²) in [6.07, 6.45) is 0. The van der Waals surface area contributed by atoms with Crippen LogP contribution in [-0.2, 0) is 9.53 Å². The van der Waals surface area contributed by atoms with Gasteiger partial charge in [0.2, 0.25) is 5.91 Å². The fraction of sp³-hybridized carbons (Fsp3) is 0.500. The number of ether oxygens (including phenoxy) is 1. The van der Waals surface area contributed by atoms with Crippen molar-refractivity contribution in [2.45, 2.75) is 0 Å². The molecule has 0 atom stereocenters. The van der Waals surface area contributed by atoms with Gasteiger partial charge in [-0.2, -0.15) is 0 Å². The Bertz CT molecular complexity index is 632. The first-order valence-corrected chi connectivity index (χ1v) is 8.69. The number of carbonyl (C=O) groups is 1. The molecule has 0 saturated carbocycles. The summed E-state index contributed by atoms with van der Waals surface area (Å²) in [5.41, 5.74) is 0.749. The Balaban J connectivity index is 1.74. The molecular weight excluding hydrogens is 358 g/mol. The van der Waals surface area contributed by atoms with E-state index in [2.05, 4.69) is 15.5 Å². The van der Waals surface area contributed by atoms with Crippen molar-refractivity contribution in [3.63, 3.8) is 0 Å². The summed E-state index contributed by atoms with van der Waals surface area (Å²) in [5.74, 6) is -0.0120. The van der Waals surface area contributed by atoms with Crippen molar-refractivity contribution in [2.75, 3.05) is 58.3 Å². The molecule has 9 nitrogen and oxygen atoms in total. The molecule has 1 fully saturated rings. The molecule has 1 aromatic rings. The minimum Gasteiger partial charge on any atom is -0.383 e. The number of thiocarbonyl (C=S) groups is 1. The zero-order chi connectivity index (χ0) is 18.9. The molecule has 0 unspecified atom stereocenters. The molecule has 142 valence electrons. The zero-order valence-corrected chi connectivity index (χ0v) is 15.5. The first kappa shape index (κ1) is 20.0. The summed E-state index contributed by atoms with van der Waals surface area (Å²) in [7, 11) is 1.60. The molecule has 0 radical (unpaired) electrons. The number of benzene rings is 1. The van der Waals surface area contributed by atoms with Crippen molar-refractivity contribution < 1.29 is 14.5 Å². The summed E-state index contributed by atoms with van der Waals surface area (Å²) >= 11 is 5.41. The van der Waals surface area contributed by atoms with Crippen molar-refractivity contribution in [1.82, 2.24) is 15.1 Å². The second-order valence-corrected chi connectivity index (χ2v) is 6.23. The van der Waals surface area contributed by atoms with Gasteiger partial charge in [0.25, 0.3) is 5.69 Å². The van der Waals surface area contributed by atoms with E-state index in [1.165, 1.54) is 12.1 Å². The summed E-state index contributed by atoms with van der Waals surface area (Å²) in [6, 6.07) is 6.13. The predicted molar refractivity (Wildman–Crippen MR) is 102 cm³/mol. The van der Waals surface area contributed by atoms with Crippen molar-refractivity contribution in [3.05, 3.63) is 34.4 Å². The van der Waals surface area contributed by atoms with Crippen molar-refractivity contribution >= 4 is 34.6 Å². The smallest absolute Gasteiger partial charge is 0.269 e. The van der Waals surface area contributed by atoms with E-state index in [1.54, 1.807) is 19.2 Å². The average molecular weight is 381 g/mol. The maximum atomic E-state index is 11.8. The number of hydrogen-bond donors (Lipinski definition) is 2. The fourth-order valence-corrected chi connectivity index (χ4v) is 2.83. The molecule has 10 heteroatoms. The molecule has 1 amide bonds. The van der Waals surface area contributed by atoms with Gasteiger partial charge in [0, 0.05) is 57.7 Å². The van der Waals surface area contributed by atoms with Crippen LogP contribution in [0.4, 0.5) is 11.4 Å². The molecule has 0 aliphatic carbocycles. The van der Waals surface area contributed by atoms with E-state index in [0.29, 0.717) is 43.6 Å². The molecular formula is C16H23N5O4S. The van der Waals surface area contributed by atoms with Crippen molar-refractivity contribution in [3.8, 4) is 0 Å². The number of rotatable bonds is 7. The van der Waals surface area contributed by atoms with Crippen LogP contribution in [0.3, 0.4) is 0 Å². The first-order valence-electron chi connectivity index (χ1n) is 8.28. The zero-order valence-electron chi connectivity index (χ0n) is 14.6. The van der Waals surface area contributed by atoms with Crippen LogP contribution in [0, 0.1) is 10.1 Å². The van der Waals surface area contributed by atoms with Gasteiger partial charge in [0.15, 0.2) is 5.11 Å². The highest BCUT2D eigenvalue weighted by atomic mass is 32.1. The second-order valence-electron chi connectivity index (χ2n) is 5.84. The number of hydrogen-bond acceptors (Lipinski definition) is 6. The third-order valence-electron chi connectivity index (χ3n) is 3.98. The molecule has 1 saturated heterocycles. The van der Waals surface area contributed by atoms with E-state index in [-0.39, 0.29) is 11.6 Å². The molecule has 2 rings (SSSR count). The minimum absolute atomic E-state index is 0.0120. The van der Waals surface area contributed by atoms with E-state index in [1.807, 2.05) is 4.90 Å². The summed E-state index contributed by atoms with van der Waals surface area (Å²) in [5, 5.41) is 17.1. The van der Waals surface area contributed by atoms with Crippen LogP contribution < -0.4 is 10.6 Å². The van der Waals surface area contributed by atoms with E-state index in [0.717, 1.165) is 13.1 Å². The van der Waals surface area contributed by atoms with Crippen LogP contribution in [0.25, 0.3) is 0 Å². The normalized spacial score (nSPS) is 14.7. The molecule has 2 N–H and O–H groups in total. The highest BCUT2D eigenvalue weighted by Crippen LogP contribution is 2.16. The van der Waals surface area contributed by atoms with Crippen LogP contribution in [0.2, 0.25) is 0 Å². The maximum absolute atomic E-state index is 11.8. The van der Waals surface area contributed by atoms with Crippen molar-refractivity contribution in [2.24, 2.45) is 0 Å². The highest BCUT2D eigenvalue weighted by molar-refractivity contribution is 7.80. The van der Waals surface area contributed by atoms with Gasteiger partial charge >= 0.3 is 0 Å². The number of methoxy groups -OCH3 is 1. The Morgan fingerprint density at radius 3 is 2.50 bits per heavy atom. The minimum atomic E-state index is -0.438. The van der Waals surface area contributed by atoms with Gasteiger partial charge in [-0.1, -0.05) is 0 Å². The van der Waals surface area contributed by atoms with Gasteiger partial charge in [0.05, 0.1) is 18.1 Å². The molecule has 1 aliphatic heterocycles. The van der Waals surface area contributed by atoms with Crippen LogP contribution in [0.5, 0.6) is 0 Å². The van der Waals surface area contributed by atoms with Crippen LogP contribution in [-0.4, -0.2) is 78.7 Å². The lowest BCUT2D eigenvalue weighted by molar-refractivity contribution is -0.384. The first-order chi connectivity index (χ1) is 12.5. The lowest BCUT2D eigenvalue weighted by Crippen LogP contribution is -2.52. The number of nitro groups is 1. The summed E-state index contributed by atoms with van der Waals surface area (Å²) < 4.78 is 4.90. The van der Waals surface area contributed by atoms with Crippen LogP contribution >= 0.6 is 12.2 Å². The molecule has 0 aromatic heterocycles. The number of non-ortho nitro benzene ring substituents is 1. The Kier molecular flexibility index (Phi) is 7.70. The summed E-state index contributed by atoms with van der Waals surface area (Å²) in [6.45, 7) is 4.27. The highest BCUT2D eigenvalue weighted by Gasteiger charge is 2.20. The third-order valence-corrected chi connectivity index (χ3v) is 4.34. The van der Waals surface area contributed by atoms with Gasteiger partial charge in [-0.05, 0) is 24.4 Å². The number of anilines is 1. The second kappa shape index (κ2) is 10.00. The molecule has 0 bridgehead atoms. The Hall–Kier alpha value is -2.30. The topological polar surface area (TPSA) is 100.0 Å². The van der Waals surface area contributed by atoms with E-state index in [4.69, 9.17) is 17.0 Å². The largest absolute Gasteiger partial charge is 0.383 e. The molecule has 1 aromatic carbocycles. The lowest BCUT2D eigenvalue weighted by Gasteiger charge is -2.35. The van der Waals surface area contributed by atoms with Gasteiger partial charge < -0.3 is 20.3 Å². The number of amides is 1. The number of nitro benzene ring substituents is 1. The standard InChI is InChI=1S/C16H23N5O4S/c1-25-11-6-17-15(22)12-19-7-9-20(10-8-19)16(26)18-13-2-4-14(5-3-13)21(23)24/h2-5H,6-12H2,1H3,(H,17,22)(H,18,26). The predicted octanol–water partition coefficient (Wildman–Crippen LogP) is 0.672. The molecule has 0 spiro atoms. The van der Waals surface area contributed by atoms with Gasteiger partial charge in [0.1, 0.15) is 0 Å². The fourth-order valence-electron chi connectivity index (χ4n) is 2.53. The Morgan fingerprint density at radius 2 is 1.92 bits per heavy atom. The number of carbonyl (C=O) groups excluding carboxylic acids is 1. The maximum Gasteiger partial charge on any atom is 0.269 e. The molecule has 1 aliphatic rings. The third kappa shape index (κ3) is 6.21. The Morgan fingerprint density at radius 1 is 1.27 bits per heavy atom. The van der Waals surface area contributed by atoms with Crippen molar-refractivity contribution in [1.29, 1.82) is 0 Å². The van der Waals surface area contributed by atoms with E-state index >= 15 is 0 Å². The number of nitrogens with one attached hydrogen (secondary N) is 2.